The minimum absolute atomic E-state index is 0.108. The van der Waals surface area contributed by atoms with E-state index in [-0.39, 0.29) is 17.8 Å². The van der Waals surface area contributed by atoms with Gasteiger partial charge in [0.1, 0.15) is 11.6 Å². The van der Waals surface area contributed by atoms with Crippen LogP contribution >= 0.6 is 15.9 Å². The number of primary amides is 1. The predicted octanol–water partition coefficient (Wildman–Crippen LogP) is 0.722. The summed E-state index contributed by atoms with van der Waals surface area (Å²) in [6.45, 7) is 0. The lowest BCUT2D eigenvalue weighted by molar-refractivity contribution is -0.117. The van der Waals surface area contributed by atoms with Crippen molar-refractivity contribution in [1.82, 2.24) is 9.97 Å². The molecule has 0 atom stereocenters. The molecule has 1 amide bonds. The Balaban J connectivity index is 2.67. The number of H-pyrrole nitrogens is 1. The molecule has 7 heteroatoms. The van der Waals surface area contributed by atoms with E-state index in [1.165, 1.54) is 7.11 Å². The van der Waals surface area contributed by atoms with Crippen LogP contribution in [0.4, 0.5) is 0 Å². The van der Waals surface area contributed by atoms with Crippen LogP contribution in [0, 0.1) is 0 Å². The first-order chi connectivity index (χ1) is 8.51. The number of nitrogens with zero attached hydrogens (tertiary/aromatic N) is 1. The molecule has 0 bridgehead atoms. The maximum Gasteiger partial charge on any atom is 0.258 e. The standard InChI is InChI=1S/C11H10BrN3O3/c1-18-8-3-7-5(2-6(8)12)11(17)15-10(14-7)4-9(13)16/h2-3H,4H2,1H3,(H2,13,16)(H,14,15,17). The summed E-state index contributed by atoms with van der Waals surface area (Å²) in [5.74, 6) is 0.247. The zero-order valence-electron chi connectivity index (χ0n) is 9.49. The van der Waals surface area contributed by atoms with Crippen molar-refractivity contribution in [3.63, 3.8) is 0 Å². The molecule has 2 aromatic rings. The molecule has 0 saturated heterocycles. The third kappa shape index (κ3) is 2.35. The third-order valence-electron chi connectivity index (χ3n) is 2.37. The number of fused-ring (bicyclic) bond motifs is 1. The monoisotopic (exact) mass is 311 g/mol. The van der Waals surface area contributed by atoms with Crippen molar-refractivity contribution in [2.75, 3.05) is 7.11 Å². The first kappa shape index (κ1) is 12.6. The van der Waals surface area contributed by atoms with Gasteiger partial charge in [0.25, 0.3) is 5.56 Å². The lowest BCUT2D eigenvalue weighted by atomic mass is 10.2. The Kier molecular flexibility index (Phi) is 3.33. The highest BCUT2D eigenvalue weighted by Crippen LogP contribution is 2.27. The number of nitrogens with two attached hydrogens (primary N) is 1. The summed E-state index contributed by atoms with van der Waals surface area (Å²) < 4.78 is 5.78. The molecule has 1 aromatic carbocycles. The van der Waals surface area contributed by atoms with Crippen molar-refractivity contribution in [3.05, 3.63) is 32.8 Å². The van der Waals surface area contributed by atoms with Crippen LogP contribution in [0.15, 0.2) is 21.4 Å². The fourth-order valence-electron chi connectivity index (χ4n) is 1.59. The summed E-state index contributed by atoms with van der Waals surface area (Å²) in [7, 11) is 1.52. The number of halogens is 1. The average Bonchev–Trinajstić information content (AvgIpc) is 2.28. The van der Waals surface area contributed by atoms with Gasteiger partial charge in [0.05, 0.1) is 28.9 Å². The molecule has 1 heterocycles. The third-order valence-corrected chi connectivity index (χ3v) is 2.99. The number of hydrogen-bond acceptors (Lipinski definition) is 4. The molecule has 2 rings (SSSR count). The smallest absolute Gasteiger partial charge is 0.258 e. The number of amides is 1. The molecule has 3 N–H and O–H groups in total. The molecule has 6 nitrogen and oxygen atoms in total. The van der Waals surface area contributed by atoms with E-state index in [1.54, 1.807) is 12.1 Å². The number of methoxy groups -OCH3 is 1. The molecule has 94 valence electrons. The van der Waals surface area contributed by atoms with E-state index in [0.717, 1.165) is 0 Å². The van der Waals surface area contributed by atoms with Gasteiger partial charge >= 0.3 is 0 Å². The van der Waals surface area contributed by atoms with E-state index in [1.807, 2.05) is 0 Å². The lowest BCUT2D eigenvalue weighted by Gasteiger charge is -2.06. The SMILES string of the molecule is COc1cc2nc(CC(N)=O)[nH]c(=O)c2cc1Br. The molecule has 0 spiro atoms. The van der Waals surface area contributed by atoms with E-state index in [9.17, 15) is 9.59 Å². The van der Waals surface area contributed by atoms with Gasteiger partial charge in [-0.1, -0.05) is 0 Å². The van der Waals surface area contributed by atoms with E-state index in [4.69, 9.17) is 10.5 Å². The molecule has 0 saturated carbocycles. The van der Waals surface area contributed by atoms with Gasteiger partial charge in [0, 0.05) is 6.07 Å². The van der Waals surface area contributed by atoms with E-state index >= 15 is 0 Å². The first-order valence-corrected chi connectivity index (χ1v) is 5.85. The van der Waals surface area contributed by atoms with Crippen molar-refractivity contribution in [1.29, 1.82) is 0 Å². The van der Waals surface area contributed by atoms with Crippen molar-refractivity contribution in [2.45, 2.75) is 6.42 Å². The van der Waals surface area contributed by atoms with Crippen LogP contribution in [-0.4, -0.2) is 23.0 Å². The molecule has 18 heavy (non-hydrogen) atoms. The number of aromatic amines is 1. The summed E-state index contributed by atoms with van der Waals surface area (Å²) >= 11 is 3.29. The van der Waals surface area contributed by atoms with Crippen molar-refractivity contribution < 1.29 is 9.53 Å². The second-order valence-corrected chi connectivity index (χ2v) is 4.51. The Bertz CT molecular complexity index is 681. The Hall–Kier alpha value is -1.89. The zero-order valence-corrected chi connectivity index (χ0v) is 11.1. The molecule has 0 aliphatic carbocycles. The number of hydrogen-bond donors (Lipinski definition) is 2. The van der Waals surface area contributed by atoms with Crippen molar-refractivity contribution >= 4 is 32.7 Å². The molecule has 1 aromatic heterocycles. The highest BCUT2D eigenvalue weighted by molar-refractivity contribution is 9.10. The van der Waals surface area contributed by atoms with Crippen LogP contribution in [0.3, 0.4) is 0 Å². The molecule has 0 radical (unpaired) electrons. The number of ether oxygens (including phenoxy) is 1. The van der Waals surface area contributed by atoms with Gasteiger partial charge in [-0.2, -0.15) is 0 Å². The van der Waals surface area contributed by atoms with Gasteiger partial charge in [-0.25, -0.2) is 4.98 Å². The average molecular weight is 312 g/mol. The minimum Gasteiger partial charge on any atom is -0.495 e. The second kappa shape index (κ2) is 4.77. The molecule has 0 aliphatic rings. The van der Waals surface area contributed by atoms with Crippen molar-refractivity contribution in [2.24, 2.45) is 5.73 Å². The summed E-state index contributed by atoms with van der Waals surface area (Å²) in [6, 6.07) is 3.24. The maximum atomic E-state index is 11.8. The number of carbonyl (C=O) groups excluding carboxylic acids is 1. The van der Waals surface area contributed by atoms with Crippen LogP contribution < -0.4 is 16.0 Å². The second-order valence-electron chi connectivity index (χ2n) is 3.66. The Morgan fingerprint density at radius 3 is 2.89 bits per heavy atom. The topological polar surface area (TPSA) is 98.1 Å². The largest absolute Gasteiger partial charge is 0.495 e. The molecule has 0 fully saturated rings. The van der Waals surface area contributed by atoms with E-state index in [0.29, 0.717) is 21.1 Å². The summed E-state index contributed by atoms with van der Waals surface area (Å²) in [5, 5.41) is 0.413. The van der Waals surface area contributed by atoms with Gasteiger partial charge in [0.2, 0.25) is 5.91 Å². The lowest BCUT2D eigenvalue weighted by Crippen LogP contribution is -2.19. The predicted molar refractivity (Wildman–Crippen MR) is 69.5 cm³/mol. The van der Waals surface area contributed by atoms with Crippen LogP contribution in [0.25, 0.3) is 10.9 Å². The zero-order chi connectivity index (χ0) is 13.3. The first-order valence-electron chi connectivity index (χ1n) is 5.06. The highest BCUT2D eigenvalue weighted by atomic mass is 79.9. The molecular weight excluding hydrogens is 302 g/mol. The summed E-state index contributed by atoms with van der Waals surface area (Å²) in [6.07, 6.45) is -0.108. The van der Waals surface area contributed by atoms with Crippen LogP contribution in [0.1, 0.15) is 5.82 Å². The Morgan fingerprint density at radius 1 is 1.56 bits per heavy atom. The van der Waals surface area contributed by atoms with Gasteiger partial charge in [0.15, 0.2) is 0 Å². The van der Waals surface area contributed by atoms with E-state index < -0.39 is 5.91 Å². The van der Waals surface area contributed by atoms with Crippen LogP contribution in [0.5, 0.6) is 5.75 Å². The fraction of sp³-hybridized carbons (Fsp3) is 0.182. The maximum absolute atomic E-state index is 11.8. The molecule has 0 unspecified atom stereocenters. The van der Waals surface area contributed by atoms with Gasteiger partial charge in [-0.3, -0.25) is 9.59 Å². The Labute approximate surface area is 110 Å². The highest BCUT2D eigenvalue weighted by Gasteiger charge is 2.10. The Morgan fingerprint density at radius 2 is 2.28 bits per heavy atom. The quantitative estimate of drug-likeness (QED) is 0.872. The van der Waals surface area contributed by atoms with Crippen molar-refractivity contribution in [3.8, 4) is 5.75 Å². The van der Waals surface area contributed by atoms with Gasteiger partial charge < -0.3 is 15.5 Å². The summed E-state index contributed by atoms with van der Waals surface area (Å²) in [5.41, 5.74) is 5.20. The molecule has 0 aliphatic heterocycles. The number of carbonyl (C=O) groups is 1. The number of benzene rings is 1. The van der Waals surface area contributed by atoms with Crippen LogP contribution in [0.2, 0.25) is 0 Å². The fourth-order valence-corrected chi connectivity index (χ4v) is 2.10. The number of rotatable bonds is 3. The van der Waals surface area contributed by atoms with Gasteiger partial charge in [-0.15, -0.1) is 0 Å². The summed E-state index contributed by atoms with van der Waals surface area (Å²) in [4.78, 5) is 29.3. The normalized spacial score (nSPS) is 10.6. The van der Waals surface area contributed by atoms with Crippen LogP contribution in [-0.2, 0) is 11.2 Å². The van der Waals surface area contributed by atoms with Gasteiger partial charge in [-0.05, 0) is 22.0 Å². The number of nitrogens with one attached hydrogen (secondary N) is 1. The number of aromatic nitrogens is 2. The van der Waals surface area contributed by atoms with E-state index in [2.05, 4.69) is 25.9 Å². The minimum atomic E-state index is -0.554. The molecular formula is C11H10BrN3O3.